The lowest BCUT2D eigenvalue weighted by Crippen LogP contribution is -2.37. The van der Waals surface area contributed by atoms with Gasteiger partial charge in [0.2, 0.25) is 11.8 Å². The maximum Gasteiger partial charge on any atom is 0.270 e. The first kappa shape index (κ1) is 13.1. The molecule has 1 aliphatic rings. The summed E-state index contributed by atoms with van der Waals surface area (Å²) in [6.45, 7) is 0. The summed E-state index contributed by atoms with van der Waals surface area (Å²) in [5.41, 5.74) is -0.467. The molecule has 2 aromatic rings. The highest BCUT2D eigenvalue weighted by molar-refractivity contribution is 6.00. The van der Waals surface area contributed by atoms with Crippen LogP contribution in [-0.2, 0) is 9.59 Å². The number of nitrogens with one attached hydrogen (secondary N) is 4. The Morgan fingerprint density at radius 3 is 2.48 bits per heavy atom. The van der Waals surface area contributed by atoms with E-state index in [1.807, 2.05) is 0 Å². The molecule has 1 fully saturated rings. The Hall–Kier alpha value is -2.90. The van der Waals surface area contributed by atoms with Crippen LogP contribution in [0.25, 0.3) is 10.8 Å². The van der Waals surface area contributed by atoms with Crippen molar-refractivity contribution >= 4 is 28.3 Å². The third-order valence-electron chi connectivity index (χ3n) is 3.38. The van der Waals surface area contributed by atoms with Crippen LogP contribution >= 0.6 is 0 Å². The Labute approximate surface area is 117 Å². The summed E-state index contributed by atoms with van der Waals surface area (Å²) in [5, 5.41) is 10.1. The van der Waals surface area contributed by atoms with Gasteiger partial charge in [-0.25, -0.2) is 0 Å². The molecular formula is C13H12N4O4. The van der Waals surface area contributed by atoms with Crippen LogP contribution in [0.1, 0.15) is 12.8 Å². The normalized spacial score (nSPS) is 17.7. The second kappa shape index (κ2) is 4.89. The molecule has 1 atom stereocenters. The van der Waals surface area contributed by atoms with E-state index in [1.165, 1.54) is 18.2 Å². The summed E-state index contributed by atoms with van der Waals surface area (Å²) in [6, 6.07) is 3.86. The highest BCUT2D eigenvalue weighted by atomic mass is 16.2. The number of carbonyl (C=O) groups is 2. The number of hydrogen-bond donors (Lipinski definition) is 4. The third-order valence-corrected chi connectivity index (χ3v) is 3.38. The van der Waals surface area contributed by atoms with Crippen molar-refractivity contribution in [2.45, 2.75) is 18.9 Å². The van der Waals surface area contributed by atoms with Gasteiger partial charge in [-0.2, -0.15) is 0 Å². The molecule has 8 nitrogen and oxygen atoms in total. The number of carbonyl (C=O) groups excluding carboxylic acids is 2. The molecule has 2 heterocycles. The van der Waals surface area contributed by atoms with Crippen LogP contribution in [0.15, 0.2) is 27.8 Å². The van der Waals surface area contributed by atoms with Gasteiger partial charge in [-0.3, -0.25) is 29.4 Å². The maximum absolute atomic E-state index is 12.0. The Morgan fingerprint density at radius 1 is 1.10 bits per heavy atom. The molecule has 0 spiro atoms. The minimum Gasteiger partial charge on any atom is -0.344 e. The van der Waals surface area contributed by atoms with Crippen LogP contribution in [0.2, 0.25) is 0 Å². The lowest BCUT2D eigenvalue weighted by molar-refractivity contribution is -0.122. The number of fused-ring (bicyclic) bond motifs is 1. The summed E-state index contributed by atoms with van der Waals surface area (Å²) < 4.78 is 0. The first-order valence-electron chi connectivity index (χ1n) is 6.39. The molecule has 1 aliphatic heterocycles. The molecule has 1 aromatic carbocycles. The lowest BCUT2D eigenvalue weighted by Gasteiger charge is -2.11. The number of benzene rings is 1. The SMILES string of the molecule is O=C1CCC(C(=O)Nc2ccc3c(=O)[nH][nH]c(=O)c3c2)N1. The fourth-order valence-corrected chi connectivity index (χ4v) is 2.30. The van der Waals surface area contributed by atoms with Gasteiger partial charge in [-0.1, -0.05) is 0 Å². The van der Waals surface area contributed by atoms with Crippen LogP contribution in [0.5, 0.6) is 0 Å². The zero-order valence-corrected chi connectivity index (χ0v) is 10.9. The zero-order valence-electron chi connectivity index (χ0n) is 10.9. The number of rotatable bonds is 2. The average molecular weight is 288 g/mol. The van der Waals surface area contributed by atoms with Gasteiger partial charge in [-0.05, 0) is 24.6 Å². The molecule has 108 valence electrons. The van der Waals surface area contributed by atoms with Crippen LogP contribution in [0, 0.1) is 0 Å². The van der Waals surface area contributed by atoms with Crippen molar-refractivity contribution in [3.05, 3.63) is 38.9 Å². The second-order valence-corrected chi connectivity index (χ2v) is 4.82. The minimum absolute atomic E-state index is 0.156. The van der Waals surface area contributed by atoms with E-state index >= 15 is 0 Å². The van der Waals surface area contributed by atoms with Gasteiger partial charge in [0.15, 0.2) is 0 Å². The quantitative estimate of drug-likeness (QED) is 0.591. The number of anilines is 1. The number of aromatic amines is 2. The molecule has 8 heteroatoms. The highest BCUT2D eigenvalue weighted by Gasteiger charge is 2.27. The molecule has 3 rings (SSSR count). The van der Waals surface area contributed by atoms with Gasteiger partial charge >= 0.3 is 0 Å². The zero-order chi connectivity index (χ0) is 15.0. The van der Waals surface area contributed by atoms with Crippen molar-refractivity contribution in [3.8, 4) is 0 Å². The van der Waals surface area contributed by atoms with Crippen molar-refractivity contribution in [1.29, 1.82) is 0 Å². The molecule has 1 unspecified atom stereocenters. The molecule has 0 radical (unpaired) electrons. The van der Waals surface area contributed by atoms with Crippen LogP contribution < -0.4 is 21.8 Å². The van der Waals surface area contributed by atoms with Crippen molar-refractivity contribution < 1.29 is 9.59 Å². The van der Waals surface area contributed by atoms with Crippen molar-refractivity contribution in [1.82, 2.24) is 15.5 Å². The molecule has 2 amide bonds. The van der Waals surface area contributed by atoms with Crippen molar-refractivity contribution in [2.75, 3.05) is 5.32 Å². The number of H-pyrrole nitrogens is 2. The van der Waals surface area contributed by atoms with Crippen LogP contribution in [0.3, 0.4) is 0 Å². The van der Waals surface area contributed by atoms with E-state index in [0.29, 0.717) is 18.5 Å². The smallest absolute Gasteiger partial charge is 0.270 e. The number of amides is 2. The van der Waals surface area contributed by atoms with Gasteiger partial charge in [0.05, 0.1) is 10.8 Å². The van der Waals surface area contributed by atoms with Crippen LogP contribution in [0.4, 0.5) is 5.69 Å². The molecular weight excluding hydrogens is 276 g/mol. The topological polar surface area (TPSA) is 124 Å². The van der Waals surface area contributed by atoms with Crippen LogP contribution in [-0.4, -0.2) is 28.1 Å². The lowest BCUT2D eigenvalue weighted by atomic mass is 10.1. The second-order valence-electron chi connectivity index (χ2n) is 4.82. The van der Waals surface area contributed by atoms with Gasteiger partial charge in [-0.15, -0.1) is 0 Å². The Bertz CT molecular complexity index is 851. The molecule has 4 N–H and O–H groups in total. The maximum atomic E-state index is 12.0. The van der Waals surface area contributed by atoms with E-state index in [2.05, 4.69) is 20.8 Å². The standard InChI is InChI=1S/C13H12N4O4/c18-10-4-3-9(15-10)13(21)14-6-1-2-7-8(5-6)12(20)17-16-11(7)19/h1-2,5,9H,3-4H2,(H,14,21)(H,15,18)(H,16,19)(H,17,20). The summed E-state index contributed by atoms with van der Waals surface area (Å²) in [5.74, 6) is -0.502. The molecule has 1 aromatic heterocycles. The first-order chi connectivity index (χ1) is 10.0. The fraction of sp³-hybridized carbons (Fsp3) is 0.231. The van der Waals surface area contributed by atoms with E-state index < -0.39 is 17.2 Å². The largest absolute Gasteiger partial charge is 0.344 e. The summed E-state index contributed by atoms with van der Waals surface area (Å²) in [6.07, 6.45) is 0.767. The predicted octanol–water partition coefficient (Wildman–Crippen LogP) is -0.566. The molecule has 21 heavy (non-hydrogen) atoms. The Balaban J connectivity index is 1.90. The molecule has 1 saturated heterocycles. The van der Waals surface area contributed by atoms with Crippen molar-refractivity contribution in [3.63, 3.8) is 0 Å². The van der Waals surface area contributed by atoms with Gasteiger partial charge in [0, 0.05) is 12.1 Å². The predicted molar refractivity (Wildman–Crippen MR) is 75.0 cm³/mol. The summed E-state index contributed by atoms with van der Waals surface area (Å²) >= 11 is 0. The monoisotopic (exact) mass is 288 g/mol. The fourth-order valence-electron chi connectivity index (χ4n) is 2.30. The minimum atomic E-state index is -0.564. The van der Waals surface area contributed by atoms with E-state index in [4.69, 9.17) is 0 Å². The third kappa shape index (κ3) is 2.42. The number of aromatic nitrogens is 2. The Morgan fingerprint density at radius 2 is 1.81 bits per heavy atom. The van der Waals surface area contributed by atoms with E-state index in [0.717, 1.165) is 0 Å². The summed E-state index contributed by atoms with van der Waals surface area (Å²) in [7, 11) is 0. The summed E-state index contributed by atoms with van der Waals surface area (Å²) in [4.78, 5) is 46.3. The Kier molecular flexibility index (Phi) is 3.05. The van der Waals surface area contributed by atoms with Gasteiger partial charge < -0.3 is 10.6 Å². The van der Waals surface area contributed by atoms with E-state index in [9.17, 15) is 19.2 Å². The van der Waals surface area contributed by atoms with E-state index in [-0.39, 0.29) is 22.6 Å². The van der Waals surface area contributed by atoms with E-state index in [1.54, 1.807) is 0 Å². The van der Waals surface area contributed by atoms with Gasteiger partial charge in [0.1, 0.15) is 6.04 Å². The molecule has 0 saturated carbocycles. The molecule has 0 bridgehead atoms. The number of hydrogen-bond acceptors (Lipinski definition) is 4. The first-order valence-corrected chi connectivity index (χ1v) is 6.39. The van der Waals surface area contributed by atoms with Crippen molar-refractivity contribution in [2.24, 2.45) is 0 Å². The van der Waals surface area contributed by atoms with Gasteiger partial charge in [0.25, 0.3) is 11.1 Å². The molecule has 0 aliphatic carbocycles. The average Bonchev–Trinajstić information content (AvgIpc) is 2.90. The highest BCUT2D eigenvalue weighted by Crippen LogP contribution is 2.15.